The highest BCUT2D eigenvalue weighted by atomic mass is 16.3. The molecule has 0 radical (unpaired) electrons. The molecule has 5 heteroatoms. The first-order valence-corrected chi connectivity index (χ1v) is 8.93. The second kappa shape index (κ2) is 5.05. The predicted molar refractivity (Wildman–Crippen MR) is 93.5 cm³/mol. The normalized spacial score (nSPS) is 30.0. The van der Waals surface area contributed by atoms with E-state index >= 15 is 0 Å². The Bertz CT molecular complexity index is 883. The highest BCUT2D eigenvalue weighted by Crippen LogP contribution is 2.52. The van der Waals surface area contributed by atoms with Crippen LogP contribution in [0.2, 0.25) is 0 Å². The topological polar surface area (TPSA) is 67.2 Å². The summed E-state index contributed by atoms with van der Waals surface area (Å²) in [6, 6.07) is 8.35. The number of carbonyl (C=O) groups is 1. The number of imidazole rings is 1. The van der Waals surface area contributed by atoms with Gasteiger partial charge in [0.05, 0.1) is 18.2 Å². The highest BCUT2D eigenvalue weighted by molar-refractivity contribution is 5.89. The molecule has 0 saturated heterocycles. The molecule has 1 amide bonds. The Hall–Kier alpha value is -2.40. The quantitative estimate of drug-likeness (QED) is 0.902. The zero-order valence-corrected chi connectivity index (χ0v) is 14.0. The van der Waals surface area contributed by atoms with Gasteiger partial charge >= 0.3 is 0 Å². The summed E-state index contributed by atoms with van der Waals surface area (Å²) in [5, 5.41) is 14.9. The van der Waals surface area contributed by atoms with E-state index < -0.39 is 11.0 Å². The maximum Gasteiger partial charge on any atom is 0.233 e. The third-order valence-corrected chi connectivity index (χ3v) is 5.98. The zero-order chi connectivity index (χ0) is 17.1. The van der Waals surface area contributed by atoms with Gasteiger partial charge in [-0.25, -0.2) is 4.98 Å². The van der Waals surface area contributed by atoms with E-state index in [2.05, 4.69) is 16.4 Å². The van der Waals surface area contributed by atoms with Crippen LogP contribution in [-0.2, 0) is 23.4 Å². The lowest BCUT2D eigenvalue weighted by atomic mass is 9.63. The predicted octanol–water partition coefficient (Wildman–Crippen LogP) is 2.01. The molecule has 1 aromatic heterocycles. The van der Waals surface area contributed by atoms with Crippen molar-refractivity contribution in [3.63, 3.8) is 0 Å². The minimum Gasteiger partial charge on any atom is -0.382 e. The van der Waals surface area contributed by atoms with Gasteiger partial charge in [-0.05, 0) is 30.4 Å². The van der Waals surface area contributed by atoms with E-state index in [4.69, 9.17) is 0 Å². The number of aliphatic hydroxyl groups is 1. The first-order valence-electron chi connectivity index (χ1n) is 8.93. The molecule has 0 bridgehead atoms. The van der Waals surface area contributed by atoms with Gasteiger partial charge in [0.1, 0.15) is 11.0 Å². The van der Waals surface area contributed by atoms with Gasteiger partial charge in [-0.2, -0.15) is 0 Å². The average molecular weight is 335 g/mol. The number of amides is 1. The minimum atomic E-state index is -1.24. The van der Waals surface area contributed by atoms with Gasteiger partial charge in [0.25, 0.3) is 0 Å². The van der Waals surface area contributed by atoms with E-state index in [0.717, 1.165) is 29.7 Å². The second-order valence-corrected chi connectivity index (χ2v) is 7.51. The van der Waals surface area contributed by atoms with Gasteiger partial charge in [0, 0.05) is 19.0 Å². The Morgan fingerprint density at radius 1 is 1.32 bits per heavy atom. The van der Waals surface area contributed by atoms with Crippen LogP contribution in [-0.4, -0.2) is 26.6 Å². The van der Waals surface area contributed by atoms with Crippen molar-refractivity contribution in [1.82, 2.24) is 14.9 Å². The van der Waals surface area contributed by atoms with Crippen LogP contribution in [0.4, 0.5) is 0 Å². The molecule has 128 valence electrons. The standard InChI is InChI=1S/C20H21N3O2/c24-18(22-16-5-6-16)19(8-7-14-3-1-2-4-15(14)11-19)20(25)9-10-23-13-21-12-17(20)23/h1-4,7-8,12-13,16,25H,5-6,9-11H2,(H,22,24). The van der Waals surface area contributed by atoms with Crippen molar-refractivity contribution in [3.05, 3.63) is 59.7 Å². The van der Waals surface area contributed by atoms with Crippen LogP contribution in [0.25, 0.3) is 6.08 Å². The molecule has 2 N–H and O–H groups in total. The lowest BCUT2D eigenvalue weighted by Crippen LogP contribution is -2.55. The summed E-state index contributed by atoms with van der Waals surface area (Å²) in [5.74, 6) is -0.0714. The summed E-state index contributed by atoms with van der Waals surface area (Å²) in [6.45, 7) is 0.680. The SMILES string of the molecule is O=C(NC1CC1)C1(C2(O)CCn3cncc32)C=Cc2ccccc2C1. The van der Waals surface area contributed by atoms with Crippen molar-refractivity contribution in [2.75, 3.05) is 0 Å². The molecule has 2 aliphatic carbocycles. The largest absolute Gasteiger partial charge is 0.382 e. The first kappa shape index (κ1) is 14.9. The monoisotopic (exact) mass is 335 g/mol. The van der Waals surface area contributed by atoms with Gasteiger partial charge in [-0.3, -0.25) is 4.79 Å². The Balaban J connectivity index is 1.65. The molecule has 1 aliphatic heterocycles. The van der Waals surface area contributed by atoms with Crippen LogP contribution in [0.5, 0.6) is 0 Å². The smallest absolute Gasteiger partial charge is 0.233 e. The number of hydrogen-bond donors (Lipinski definition) is 2. The first-order chi connectivity index (χ1) is 12.1. The number of aryl methyl sites for hydroxylation is 1. The van der Waals surface area contributed by atoms with Gasteiger partial charge in [0.2, 0.25) is 5.91 Å². The van der Waals surface area contributed by atoms with Gasteiger partial charge in [-0.1, -0.05) is 36.4 Å². The molecule has 25 heavy (non-hydrogen) atoms. The van der Waals surface area contributed by atoms with Gasteiger partial charge in [0.15, 0.2) is 0 Å². The molecule has 5 nitrogen and oxygen atoms in total. The second-order valence-electron chi connectivity index (χ2n) is 7.51. The number of nitrogens with one attached hydrogen (secondary N) is 1. The minimum absolute atomic E-state index is 0.0714. The third-order valence-electron chi connectivity index (χ3n) is 5.98. The van der Waals surface area contributed by atoms with Crippen molar-refractivity contribution < 1.29 is 9.90 Å². The van der Waals surface area contributed by atoms with Crippen LogP contribution in [0.15, 0.2) is 42.9 Å². The molecule has 2 aromatic rings. The van der Waals surface area contributed by atoms with Crippen molar-refractivity contribution >= 4 is 12.0 Å². The molecular formula is C20H21N3O2. The summed E-state index contributed by atoms with van der Waals surface area (Å²) in [5.41, 5.74) is 0.710. The van der Waals surface area contributed by atoms with Crippen LogP contribution in [0.1, 0.15) is 36.1 Å². The summed E-state index contributed by atoms with van der Waals surface area (Å²) in [4.78, 5) is 17.5. The van der Waals surface area contributed by atoms with E-state index in [-0.39, 0.29) is 11.9 Å². The molecule has 2 heterocycles. The van der Waals surface area contributed by atoms with Gasteiger partial charge in [-0.15, -0.1) is 0 Å². The lowest BCUT2D eigenvalue weighted by molar-refractivity contribution is -0.146. The van der Waals surface area contributed by atoms with Crippen molar-refractivity contribution in [1.29, 1.82) is 0 Å². The maximum atomic E-state index is 13.4. The fraction of sp³-hybridized carbons (Fsp3) is 0.400. The lowest BCUT2D eigenvalue weighted by Gasteiger charge is -2.43. The molecule has 1 saturated carbocycles. The summed E-state index contributed by atoms with van der Waals surface area (Å²) >= 11 is 0. The van der Waals surface area contributed by atoms with Crippen molar-refractivity contribution in [2.45, 2.75) is 43.9 Å². The number of carbonyl (C=O) groups excluding carboxylic acids is 1. The number of hydrogen-bond acceptors (Lipinski definition) is 3. The Morgan fingerprint density at radius 3 is 3.00 bits per heavy atom. The molecule has 1 fully saturated rings. The fourth-order valence-corrected chi connectivity index (χ4v) is 4.32. The highest BCUT2D eigenvalue weighted by Gasteiger charge is 2.59. The third kappa shape index (κ3) is 2.05. The summed E-state index contributed by atoms with van der Waals surface area (Å²) in [6.07, 6.45) is 10.4. The van der Waals surface area contributed by atoms with Crippen LogP contribution in [0, 0.1) is 5.41 Å². The molecule has 1 aromatic carbocycles. The Labute approximate surface area is 146 Å². The number of nitrogens with zero attached hydrogens (tertiary/aromatic N) is 2. The van der Waals surface area contributed by atoms with Crippen LogP contribution >= 0.6 is 0 Å². The van der Waals surface area contributed by atoms with E-state index in [0.29, 0.717) is 19.4 Å². The average Bonchev–Trinajstić information content (AvgIpc) is 3.20. The van der Waals surface area contributed by atoms with E-state index in [1.165, 1.54) is 0 Å². The van der Waals surface area contributed by atoms with Gasteiger partial charge < -0.3 is 15.0 Å². The van der Waals surface area contributed by atoms with Crippen LogP contribution < -0.4 is 5.32 Å². The summed E-state index contributed by atoms with van der Waals surface area (Å²) in [7, 11) is 0. The number of benzene rings is 1. The molecule has 2 unspecified atom stereocenters. The van der Waals surface area contributed by atoms with Crippen molar-refractivity contribution in [3.8, 4) is 0 Å². The Morgan fingerprint density at radius 2 is 2.16 bits per heavy atom. The number of aromatic nitrogens is 2. The van der Waals surface area contributed by atoms with E-state index in [9.17, 15) is 9.90 Å². The molecule has 5 rings (SSSR count). The zero-order valence-electron chi connectivity index (χ0n) is 14.0. The van der Waals surface area contributed by atoms with Crippen molar-refractivity contribution in [2.24, 2.45) is 5.41 Å². The fourth-order valence-electron chi connectivity index (χ4n) is 4.32. The van der Waals surface area contributed by atoms with E-state index in [1.54, 1.807) is 12.5 Å². The number of rotatable bonds is 3. The van der Waals surface area contributed by atoms with E-state index in [1.807, 2.05) is 34.9 Å². The molecule has 2 atom stereocenters. The molecule has 0 spiro atoms. The summed E-state index contributed by atoms with van der Waals surface area (Å²) < 4.78 is 1.96. The molecule has 3 aliphatic rings. The maximum absolute atomic E-state index is 13.4. The van der Waals surface area contributed by atoms with Crippen LogP contribution in [0.3, 0.4) is 0 Å². The Kier molecular flexibility index (Phi) is 3.01. The molecular weight excluding hydrogens is 314 g/mol. The number of fused-ring (bicyclic) bond motifs is 2.